The van der Waals surface area contributed by atoms with Gasteiger partial charge in [-0.15, -0.1) is 0 Å². The van der Waals surface area contributed by atoms with Crippen molar-refractivity contribution in [2.45, 2.75) is 39.3 Å². The number of aliphatic hydroxyl groups excluding tert-OH is 1. The summed E-state index contributed by atoms with van der Waals surface area (Å²) in [4.78, 5) is 4.45. The van der Waals surface area contributed by atoms with Gasteiger partial charge in [0.25, 0.3) is 0 Å². The Balaban J connectivity index is 2.00. The number of pyridine rings is 1. The number of rotatable bonds is 7. The average molecular weight is 298 g/mol. The first-order valence-corrected chi connectivity index (χ1v) is 7.95. The lowest BCUT2D eigenvalue weighted by atomic mass is 10.00. The molecule has 0 aliphatic heterocycles. The van der Waals surface area contributed by atoms with Gasteiger partial charge in [-0.2, -0.15) is 0 Å². The zero-order chi connectivity index (χ0) is 15.9. The van der Waals surface area contributed by atoms with Crippen molar-refractivity contribution in [1.29, 1.82) is 0 Å². The molecule has 0 saturated carbocycles. The van der Waals surface area contributed by atoms with Crippen molar-refractivity contribution in [2.75, 3.05) is 6.54 Å². The lowest BCUT2D eigenvalue weighted by molar-refractivity contribution is 0.167. The molecule has 2 N–H and O–H groups in total. The second-order valence-electron chi connectivity index (χ2n) is 6.27. The molecule has 2 unspecified atom stereocenters. The van der Waals surface area contributed by atoms with E-state index in [0.717, 1.165) is 17.7 Å². The van der Waals surface area contributed by atoms with E-state index in [9.17, 15) is 5.11 Å². The number of aromatic nitrogens is 1. The highest BCUT2D eigenvalue weighted by molar-refractivity contribution is 5.23. The fraction of sp³-hybridized carbons (Fsp3) is 0.421. The van der Waals surface area contributed by atoms with Gasteiger partial charge in [0.2, 0.25) is 0 Å². The van der Waals surface area contributed by atoms with E-state index in [0.29, 0.717) is 12.5 Å². The van der Waals surface area contributed by atoms with Gasteiger partial charge in [-0.3, -0.25) is 4.98 Å². The molecule has 0 aliphatic rings. The van der Waals surface area contributed by atoms with Crippen molar-refractivity contribution in [1.82, 2.24) is 10.3 Å². The molecule has 3 heteroatoms. The fourth-order valence-corrected chi connectivity index (χ4v) is 2.52. The van der Waals surface area contributed by atoms with Crippen LogP contribution >= 0.6 is 0 Å². The van der Waals surface area contributed by atoms with Crippen LogP contribution in [0.4, 0.5) is 0 Å². The van der Waals surface area contributed by atoms with Gasteiger partial charge in [-0.05, 0) is 37.0 Å². The number of aryl methyl sites for hydroxylation is 1. The molecule has 2 rings (SSSR count). The molecule has 0 bridgehead atoms. The molecule has 3 nitrogen and oxygen atoms in total. The summed E-state index contributed by atoms with van der Waals surface area (Å²) in [6, 6.07) is 14.2. The minimum Gasteiger partial charge on any atom is -0.387 e. The summed E-state index contributed by atoms with van der Waals surface area (Å²) in [5, 5.41) is 13.8. The molecule has 0 saturated heterocycles. The highest BCUT2D eigenvalue weighted by Crippen LogP contribution is 2.21. The topological polar surface area (TPSA) is 45.1 Å². The van der Waals surface area contributed by atoms with Crippen LogP contribution in [0.15, 0.2) is 48.7 Å². The van der Waals surface area contributed by atoms with E-state index in [-0.39, 0.29) is 6.04 Å². The predicted molar refractivity (Wildman–Crippen MR) is 90.6 cm³/mol. The van der Waals surface area contributed by atoms with Gasteiger partial charge in [0.05, 0.1) is 11.8 Å². The van der Waals surface area contributed by atoms with E-state index in [1.165, 1.54) is 5.56 Å². The second kappa shape index (κ2) is 8.06. The summed E-state index contributed by atoms with van der Waals surface area (Å²) in [7, 11) is 0. The molecule has 2 atom stereocenters. The lowest BCUT2D eigenvalue weighted by Gasteiger charge is -2.22. The molecule has 1 aromatic heterocycles. The van der Waals surface area contributed by atoms with Crippen LogP contribution in [0.2, 0.25) is 0 Å². The van der Waals surface area contributed by atoms with Crippen LogP contribution in [0.3, 0.4) is 0 Å². The smallest absolute Gasteiger partial charge is 0.0914 e. The van der Waals surface area contributed by atoms with Crippen molar-refractivity contribution < 1.29 is 5.11 Å². The van der Waals surface area contributed by atoms with Crippen LogP contribution < -0.4 is 5.32 Å². The van der Waals surface area contributed by atoms with E-state index < -0.39 is 6.10 Å². The van der Waals surface area contributed by atoms with Gasteiger partial charge in [0.15, 0.2) is 0 Å². The Labute approximate surface area is 133 Å². The van der Waals surface area contributed by atoms with Gasteiger partial charge in [-0.1, -0.05) is 49.7 Å². The number of hydrogen-bond acceptors (Lipinski definition) is 3. The summed E-state index contributed by atoms with van der Waals surface area (Å²) < 4.78 is 0. The van der Waals surface area contributed by atoms with E-state index in [4.69, 9.17) is 0 Å². The predicted octanol–water partition coefficient (Wildman–Crippen LogP) is 3.80. The first-order valence-electron chi connectivity index (χ1n) is 7.95. The molecule has 0 aliphatic carbocycles. The Morgan fingerprint density at radius 1 is 1.09 bits per heavy atom. The molecule has 0 radical (unpaired) electrons. The molecule has 118 valence electrons. The van der Waals surface area contributed by atoms with E-state index >= 15 is 0 Å². The minimum atomic E-state index is -0.501. The average Bonchev–Trinajstić information content (AvgIpc) is 2.52. The molecule has 1 heterocycles. The molecule has 0 fully saturated rings. The van der Waals surface area contributed by atoms with Gasteiger partial charge >= 0.3 is 0 Å². The fourth-order valence-electron chi connectivity index (χ4n) is 2.52. The third-order valence-corrected chi connectivity index (χ3v) is 3.77. The number of benzene rings is 1. The zero-order valence-electron chi connectivity index (χ0n) is 13.7. The van der Waals surface area contributed by atoms with Crippen LogP contribution in [-0.2, 0) is 0 Å². The Morgan fingerprint density at radius 2 is 1.82 bits per heavy atom. The Kier molecular flexibility index (Phi) is 6.10. The normalized spacial score (nSPS) is 14.0. The molecule has 1 aromatic carbocycles. The van der Waals surface area contributed by atoms with Crippen LogP contribution in [0.25, 0.3) is 0 Å². The number of aliphatic hydroxyl groups is 1. The van der Waals surface area contributed by atoms with Crippen LogP contribution in [0.1, 0.15) is 49.2 Å². The van der Waals surface area contributed by atoms with Crippen molar-refractivity contribution in [3.05, 3.63) is 65.5 Å². The first-order chi connectivity index (χ1) is 10.6. The van der Waals surface area contributed by atoms with Crippen molar-refractivity contribution in [3.8, 4) is 0 Å². The maximum Gasteiger partial charge on any atom is 0.0914 e. The Bertz CT molecular complexity index is 551. The molecule has 0 spiro atoms. The minimum absolute atomic E-state index is 0.168. The molecule has 2 aromatic rings. The molecule has 0 amide bonds. The summed E-state index contributed by atoms with van der Waals surface area (Å²) in [6.45, 7) is 6.98. The third kappa shape index (κ3) is 4.93. The summed E-state index contributed by atoms with van der Waals surface area (Å²) in [6.07, 6.45) is 2.32. The molecule has 22 heavy (non-hydrogen) atoms. The Hall–Kier alpha value is -1.71. The van der Waals surface area contributed by atoms with Crippen molar-refractivity contribution >= 4 is 0 Å². The van der Waals surface area contributed by atoms with Crippen LogP contribution in [0, 0.1) is 12.8 Å². The van der Waals surface area contributed by atoms with Crippen LogP contribution in [-0.4, -0.2) is 16.6 Å². The quantitative estimate of drug-likeness (QED) is 0.817. The maximum atomic E-state index is 10.4. The zero-order valence-corrected chi connectivity index (χ0v) is 13.7. The molecular formula is C19H26N2O. The SMILES string of the molecule is Cc1ccc(C(O)CNC(CC(C)C)c2ccccn2)cc1. The van der Waals surface area contributed by atoms with Crippen LogP contribution in [0.5, 0.6) is 0 Å². The monoisotopic (exact) mass is 298 g/mol. The number of hydrogen-bond donors (Lipinski definition) is 2. The van der Waals surface area contributed by atoms with Gasteiger partial charge in [0.1, 0.15) is 0 Å². The van der Waals surface area contributed by atoms with E-state index in [1.54, 1.807) is 0 Å². The van der Waals surface area contributed by atoms with Gasteiger partial charge < -0.3 is 10.4 Å². The maximum absolute atomic E-state index is 10.4. The Morgan fingerprint density at radius 3 is 2.41 bits per heavy atom. The van der Waals surface area contributed by atoms with Gasteiger partial charge in [-0.25, -0.2) is 0 Å². The summed E-state index contributed by atoms with van der Waals surface area (Å²) in [5.74, 6) is 0.566. The number of nitrogens with zero attached hydrogens (tertiary/aromatic N) is 1. The van der Waals surface area contributed by atoms with E-state index in [1.807, 2.05) is 55.6 Å². The van der Waals surface area contributed by atoms with Crippen molar-refractivity contribution in [2.24, 2.45) is 5.92 Å². The summed E-state index contributed by atoms with van der Waals surface area (Å²) >= 11 is 0. The molecular weight excluding hydrogens is 272 g/mol. The highest BCUT2D eigenvalue weighted by atomic mass is 16.3. The second-order valence-corrected chi connectivity index (χ2v) is 6.27. The largest absolute Gasteiger partial charge is 0.387 e. The standard InChI is InChI=1S/C19H26N2O/c1-14(2)12-18(17-6-4-5-11-20-17)21-13-19(22)16-9-7-15(3)8-10-16/h4-11,14,18-19,21-22H,12-13H2,1-3H3. The number of nitrogens with one attached hydrogen (secondary N) is 1. The highest BCUT2D eigenvalue weighted by Gasteiger charge is 2.16. The summed E-state index contributed by atoms with van der Waals surface area (Å²) in [5.41, 5.74) is 3.19. The van der Waals surface area contributed by atoms with E-state index in [2.05, 4.69) is 24.1 Å². The first kappa shape index (κ1) is 16.7. The lowest BCUT2D eigenvalue weighted by Crippen LogP contribution is -2.28. The third-order valence-electron chi connectivity index (χ3n) is 3.77. The van der Waals surface area contributed by atoms with Crippen molar-refractivity contribution in [3.63, 3.8) is 0 Å². The van der Waals surface area contributed by atoms with Gasteiger partial charge in [0, 0.05) is 18.8 Å².